The van der Waals surface area contributed by atoms with Crippen LogP contribution in [0.5, 0.6) is 0 Å². The molecular formula is C7H12. The largest absolute Gasteiger partial charge is 0.0622 e. The highest BCUT2D eigenvalue weighted by Gasteiger charge is 2.06. The molecule has 0 nitrogen and oxygen atoms in total. The third-order valence-electron chi connectivity index (χ3n) is 1.53. The van der Waals surface area contributed by atoms with Gasteiger partial charge in [-0.25, -0.2) is 0 Å². The third-order valence-corrected chi connectivity index (χ3v) is 1.53. The Morgan fingerprint density at radius 2 is 2.43 bits per heavy atom. The van der Waals surface area contributed by atoms with Crippen molar-refractivity contribution in [3.8, 4) is 0 Å². The lowest BCUT2D eigenvalue weighted by atomic mass is 9.91. The summed E-state index contributed by atoms with van der Waals surface area (Å²) in [5.74, 6) is 0.880. The number of hydrogen-bond acceptors (Lipinski definition) is 0. The van der Waals surface area contributed by atoms with Gasteiger partial charge in [-0.05, 0) is 31.6 Å². The molecule has 0 aromatic heterocycles. The molecule has 0 saturated heterocycles. The van der Waals surface area contributed by atoms with Crippen molar-refractivity contribution < 1.29 is 0 Å². The average Bonchev–Trinajstić information content (AvgIpc) is 1.69. The average molecular weight is 96.2 g/mol. The molecule has 0 amide bonds. The summed E-state index contributed by atoms with van der Waals surface area (Å²) in [6.07, 6.45) is 8.67. The molecule has 0 aromatic rings. The van der Waals surface area contributed by atoms with Crippen LogP contribution in [0.1, 0.15) is 26.2 Å². The van der Waals surface area contributed by atoms with E-state index in [9.17, 15) is 0 Å². The smallest absolute Gasteiger partial charge is 0.0355 e. The molecule has 0 spiro atoms. The maximum absolute atomic E-state index is 2.38. The monoisotopic (exact) mass is 96.1 g/mol. The predicted molar refractivity (Wildman–Crippen MR) is 31.6 cm³/mol. The quantitative estimate of drug-likeness (QED) is 0.433. The van der Waals surface area contributed by atoms with Crippen molar-refractivity contribution in [3.63, 3.8) is 0 Å². The summed E-state index contributed by atoms with van der Waals surface area (Å²) in [6, 6.07) is 0. The van der Waals surface area contributed by atoms with Crippen LogP contribution in [0.25, 0.3) is 0 Å². The molecule has 2 radical (unpaired) electrons. The zero-order valence-electron chi connectivity index (χ0n) is 4.85. The summed E-state index contributed by atoms with van der Waals surface area (Å²) in [5, 5.41) is 0. The molecule has 1 aliphatic rings. The molecule has 0 heteroatoms. The van der Waals surface area contributed by atoms with Crippen molar-refractivity contribution in [1.82, 2.24) is 0 Å². The SMILES string of the molecule is CC1[CH]C[CH]CC1. The lowest BCUT2D eigenvalue weighted by molar-refractivity contribution is 0.539. The summed E-state index contributed by atoms with van der Waals surface area (Å²) < 4.78 is 0. The standard InChI is InChI=1S/C7H12/c1-7-5-3-2-4-6-7/h2,5,7H,3-4,6H2,1H3. The molecule has 0 aliphatic heterocycles. The molecule has 40 valence electrons. The fourth-order valence-electron chi connectivity index (χ4n) is 0.945. The molecule has 1 atom stereocenters. The Labute approximate surface area is 45.9 Å². The number of hydrogen-bond donors (Lipinski definition) is 0. The van der Waals surface area contributed by atoms with Crippen LogP contribution in [-0.4, -0.2) is 0 Å². The second-order valence-electron chi connectivity index (χ2n) is 2.31. The van der Waals surface area contributed by atoms with Gasteiger partial charge in [0.05, 0.1) is 0 Å². The maximum Gasteiger partial charge on any atom is -0.0355 e. The molecule has 0 aromatic carbocycles. The minimum atomic E-state index is 0.880. The van der Waals surface area contributed by atoms with Gasteiger partial charge in [-0.2, -0.15) is 0 Å². The van der Waals surface area contributed by atoms with Gasteiger partial charge >= 0.3 is 0 Å². The van der Waals surface area contributed by atoms with E-state index in [1.807, 2.05) is 0 Å². The first-order valence-electron chi connectivity index (χ1n) is 3.04. The lowest BCUT2D eigenvalue weighted by Crippen LogP contribution is -2.01. The molecule has 0 N–H and O–H groups in total. The normalized spacial score (nSPS) is 25.3. The van der Waals surface area contributed by atoms with Crippen molar-refractivity contribution in [3.05, 3.63) is 12.8 Å². The zero-order valence-corrected chi connectivity index (χ0v) is 4.85. The second-order valence-corrected chi connectivity index (χ2v) is 2.31. The van der Waals surface area contributed by atoms with E-state index >= 15 is 0 Å². The topological polar surface area (TPSA) is 0 Å². The molecule has 0 bridgehead atoms. The highest BCUT2D eigenvalue weighted by Crippen LogP contribution is 2.20. The summed E-state index contributed by atoms with van der Waals surface area (Å²) in [4.78, 5) is 0. The minimum absolute atomic E-state index is 0.880. The Bertz CT molecular complexity index is 42.0. The van der Waals surface area contributed by atoms with Gasteiger partial charge in [0.1, 0.15) is 0 Å². The van der Waals surface area contributed by atoms with Crippen LogP contribution >= 0.6 is 0 Å². The maximum atomic E-state index is 2.38. The van der Waals surface area contributed by atoms with Crippen molar-refractivity contribution in [2.75, 3.05) is 0 Å². The lowest BCUT2D eigenvalue weighted by Gasteiger charge is -2.14. The fourth-order valence-corrected chi connectivity index (χ4v) is 0.945. The third kappa shape index (κ3) is 1.50. The number of rotatable bonds is 0. The van der Waals surface area contributed by atoms with E-state index < -0.39 is 0 Å². The van der Waals surface area contributed by atoms with Gasteiger partial charge in [-0.15, -0.1) is 0 Å². The first-order valence-corrected chi connectivity index (χ1v) is 3.04. The van der Waals surface area contributed by atoms with E-state index in [1.165, 1.54) is 19.3 Å². The van der Waals surface area contributed by atoms with Crippen LogP contribution in [0.3, 0.4) is 0 Å². The highest BCUT2D eigenvalue weighted by atomic mass is 14.1. The van der Waals surface area contributed by atoms with E-state index in [0.29, 0.717) is 0 Å². The van der Waals surface area contributed by atoms with Crippen LogP contribution in [0.15, 0.2) is 0 Å². The van der Waals surface area contributed by atoms with E-state index in [4.69, 9.17) is 0 Å². The molecule has 1 aliphatic carbocycles. The zero-order chi connectivity index (χ0) is 5.11. The highest BCUT2D eigenvalue weighted by molar-refractivity contribution is 4.86. The Morgan fingerprint density at radius 1 is 1.57 bits per heavy atom. The summed E-state index contributed by atoms with van der Waals surface area (Å²) >= 11 is 0. The van der Waals surface area contributed by atoms with Crippen molar-refractivity contribution in [2.45, 2.75) is 26.2 Å². The fraction of sp³-hybridized carbons (Fsp3) is 0.714. The van der Waals surface area contributed by atoms with Crippen molar-refractivity contribution in [2.24, 2.45) is 5.92 Å². The van der Waals surface area contributed by atoms with Crippen LogP contribution in [0.4, 0.5) is 0 Å². The van der Waals surface area contributed by atoms with Gasteiger partial charge < -0.3 is 0 Å². The van der Waals surface area contributed by atoms with Gasteiger partial charge in [0.25, 0.3) is 0 Å². The van der Waals surface area contributed by atoms with E-state index in [-0.39, 0.29) is 0 Å². The Morgan fingerprint density at radius 3 is 2.71 bits per heavy atom. The van der Waals surface area contributed by atoms with E-state index in [1.54, 1.807) is 0 Å². The molecule has 1 fully saturated rings. The van der Waals surface area contributed by atoms with Crippen molar-refractivity contribution in [1.29, 1.82) is 0 Å². The van der Waals surface area contributed by atoms with Gasteiger partial charge in [-0.1, -0.05) is 13.3 Å². The summed E-state index contributed by atoms with van der Waals surface area (Å²) in [6.45, 7) is 2.28. The second kappa shape index (κ2) is 2.34. The Balaban J connectivity index is 2.12. The van der Waals surface area contributed by atoms with Crippen LogP contribution in [0.2, 0.25) is 0 Å². The molecule has 7 heavy (non-hydrogen) atoms. The van der Waals surface area contributed by atoms with Crippen molar-refractivity contribution >= 4 is 0 Å². The van der Waals surface area contributed by atoms with Gasteiger partial charge in [0, 0.05) is 0 Å². The van der Waals surface area contributed by atoms with E-state index in [2.05, 4.69) is 19.8 Å². The summed E-state index contributed by atoms with van der Waals surface area (Å²) in [7, 11) is 0. The molecular weight excluding hydrogens is 84.1 g/mol. The Hall–Kier alpha value is 0. The van der Waals surface area contributed by atoms with Gasteiger partial charge in [0.2, 0.25) is 0 Å². The molecule has 1 rings (SSSR count). The first-order chi connectivity index (χ1) is 3.39. The van der Waals surface area contributed by atoms with Crippen LogP contribution in [0, 0.1) is 18.8 Å². The van der Waals surface area contributed by atoms with Gasteiger partial charge in [0.15, 0.2) is 0 Å². The predicted octanol–water partition coefficient (Wildman–Crippen LogP) is 2.21. The molecule has 0 heterocycles. The molecule has 1 unspecified atom stereocenters. The summed E-state index contributed by atoms with van der Waals surface area (Å²) in [5.41, 5.74) is 0. The van der Waals surface area contributed by atoms with Gasteiger partial charge in [-0.3, -0.25) is 0 Å². The van der Waals surface area contributed by atoms with Crippen LogP contribution < -0.4 is 0 Å². The van der Waals surface area contributed by atoms with E-state index in [0.717, 1.165) is 5.92 Å². The minimum Gasteiger partial charge on any atom is -0.0622 e. The molecule has 1 saturated carbocycles. The van der Waals surface area contributed by atoms with Crippen LogP contribution in [-0.2, 0) is 0 Å². The first kappa shape index (κ1) is 5.14. The Kier molecular flexibility index (Phi) is 1.72.